The van der Waals surface area contributed by atoms with Crippen molar-refractivity contribution in [3.63, 3.8) is 0 Å². The Bertz CT molecular complexity index is 386. The monoisotopic (exact) mass is 266 g/mol. The third kappa shape index (κ3) is 3.46. The number of pyridine rings is 1. The average Bonchev–Trinajstić information content (AvgIpc) is 2.41. The summed E-state index contributed by atoms with van der Waals surface area (Å²) in [5.74, 6) is 1.80. The highest BCUT2D eigenvalue weighted by Gasteiger charge is 2.29. The number of rotatable bonds is 4. The maximum Gasteiger partial charge on any atom is 0.323 e. The van der Waals surface area contributed by atoms with Crippen LogP contribution in [0.15, 0.2) is 24.5 Å². The van der Waals surface area contributed by atoms with Crippen LogP contribution in [-0.2, 0) is 16.1 Å². The summed E-state index contributed by atoms with van der Waals surface area (Å²) in [6.45, 7) is 3.05. The van der Waals surface area contributed by atoms with Crippen molar-refractivity contribution in [2.75, 3.05) is 18.2 Å². The van der Waals surface area contributed by atoms with Gasteiger partial charge < -0.3 is 4.74 Å². The van der Waals surface area contributed by atoms with Gasteiger partial charge in [0.1, 0.15) is 6.04 Å². The van der Waals surface area contributed by atoms with Gasteiger partial charge in [-0.3, -0.25) is 14.7 Å². The molecule has 2 rings (SSSR count). The lowest BCUT2D eigenvalue weighted by molar-refractivity contribution is -0.149. The molecule has 2 heterocycles. The summed E-state index contributed by atoms with van der Waals surface area (Å²) in [6, 6.07) is 3.85. The predicted molar refractivity (Wildman–Crippen MR) is 72.1 cm³/mol. The van der Waals surface area contributed by atoms with E-state index >= 15 is 0 Å². The fourth-order valence-electron chi connectivity index (χ4n) is 2.04. The number of esters is 1. The van der Waals surface area contributed by atoms with E-state index in [1.54, 1.807) is 6.20 Å². The van der Waals surface area contributed by atoms with E-state index in [1.807, 2.05) is 37.0 Å². The van der Waals surface area contributed by atoms with Crippen LogP contribution in [0.3, 0.4) is 0 Å². The minimum atomic E-state index is -0.105. The van der Waals surface area contributed by atoms with Crippen molar-refractivity contribution in [2.24, 2.45) is 0 Å². The quantitative estimate of drug-likeness (QED) is 0.779. The van der Waals surface area contributed by atoms with E-state index in [2.05, 4.69) is 9.88 Å². The number of carbonyl (C=O) groups is 1. The molecule has 0 amide bonds. The molecular weight excluding hydrogens is 248 g/mol. The molecule has 1 aromatic heterocycles. The molecule has 4 nitrogen and oxygen atoms in total. The normalized spacial score (nSPS) is 20.6. The van der Waals surface area contributed by atoms with Gasteiger partial charge in [0.2, 0.25) is 0 Å². The first kappa shape index (κ1) is 13.4. The summed E-state index contributed by atoms with van der Waals surface area (Å²) >= 11 is 1.86. The van der Waals surface area contributed by atoms with Crippen molar-refractivity contribution in [2.45, 2.75) is 25.9 Å². The molecule has 1 saturated heterocycles. The molecule has 0 radical (unpaired) electrons. The van der Waals surface area contributed by atoms with Crippen LogP contribution in [0.5, 0.6) is 0 Å². The maximum absolute atomic E-state index is 11.9. The molecule has 1 aliphatic heterocycles. The van der Waals surface area contributed by atoms with Crippen LogP contribution < -0.4 is 0 Å². The van der Waals surface area contributed by atoms with Crippen LogP contribution in [0.4, 0.5) is 0 Å². The zero-order chi connectivity index (χ0) is 12.8. The topological polar surface area (TPSA) is 42.4 Å². The van der Waals surface area contributed by atoms with Crippen molar-refractivity contribution in [1.82, 2.24) is 9.88 Å². The van der Waals surface area contributed by atoms with Crippen molar-refractivity contribution in [1.29, 1.82) is 0 Å². The zero-order valence-corrected chi connectivity index (χ0v) is 11.4. The van der Waals surface area contributed by atoms with Gasteiger partial charge in [-0.15, -0.1) is 11.8 Å². The van der Waals surface area contributed by atoms with E-state index in [0.29, 0.717) is 6.61 Å². The molecule has 0 spiro atoms. The molecule has 0 saturated carbocycles. The van der Waals surface area contributed by atoms with E-state index in [0.717, 1.165) is 30.2 Å². The van der Waals surface area contributed by atoms with Gasteiger partial charge in [-0.05, 0) is 30.7 Å². The van der Waals surface area contributed by atoms with E-state index in [1.165, 1.54) is 0 Å². The Balaban J connectivity index is 2.01. The summed E-state index contributed by atoms with van der Waals surface area (Å²) in [4.78, 5) is 18.2. The van der Waals surface area contributed by atoms with Crippen LogP contribution in [0.2, 0.25) is 0 Å². The number of carbonyl (C=O) groups excluding carboxylic acids is 1. The molecule has 1 aromatic rings. The van der Waals surface area contributed by atoms with Crippen molar-refractivity contribution < 1.29 is 9.53 Å². The molecule has 1 fully saturated rings. The first-order valence-corrected chi connectivity index (χ1v) is 7.34. The number of hydrogen-bond acceptors (Lipinski definition) is 5. The van der Waals surface area contributed by atoms with Gasteiger partial charge in [0.15, 0.2) is 0 Å². The Kier molecular flexibility index (Phi) is 5.01. The number of hydrogen-bond donors (Lipinski definition) is 0. The molecule has 0 N–H and O–H groups in total. The minimum Gasteiger partial charge on any atom is -0.465 e. The summed E-state index contributed by atoms with van der Waals surface area (Å²) in [5.41, 5.74) is 1.13. The van der Waals surface area contributed by atoms with Crippen molar-refractivity contribution in [3.05, 3.63) is 30.1 Å². The largest absolute Gasteiger partial charge is 0.465 e. The van der Waals surface area contributed by atoms with Crippen LogP contribution >= 0.6 is 11.8 Å². The lowest BCUT2D eigenvalue weighted by Crippen LogP contribution is -2.44. The Morgan fingerprint density at radius 1 is 1.67 bits per heavy atom. The molecule has 98 valence electrons. The van der Waals surface area contributed by atoms with E-state index < -0.39 is 0 Å². The molecule has 0 bridgehead atoms. The van der Waals surface area contributed by atoms with Gasteiger partial charge in [-0.1, -0.05) is 6.07 Å². The minimum absolute atomic E-state index is 0.0957. The third-order valence-corrected chi connectivity index (χ3v) is 3.94. The first-order valence-electron chi connectivity index (χ1n) is 6.18. The zero-order valence-electron chi connectivity index (χ0n) is 10.5. The number of nitrogens with zero attached hydrogens (tertiary/aromatic N) is 2. The third-order valence-electron chi connectivity index (χ3n) is 2.90. The van der Waals surface area contributed by atoms with Crippen molar-refractivity contribution >= 4 is 17.7 Å². The van der Waals surface area contributed by atoms with Gasteiger partial charge in [0.05, 0.1) is 6.61 Å². The lowest BCUT2D eigenvalue weighted by atomic mass is 10.1. The van der Waals surface area contributed by atoms with E-state index in [9.17, 15) is 4.79 Å². The fourth-order valence-corrected chi connectivity index (χ4v) is 3.06. The van der Waals surface area contributed by atoms with Gasteiger partial charge in [0.25, 0.3) is 0 Å². The molecule has 0 aromatic carbocycles. The molecule has 18 heavy (non-hydrogen) atoms. The Morgan fingerprint density at radius 3 is 3.28 bits per heavy atom. The molecule has 1 atom stereocenters. The highest BCUT2D eigenvalue weighted by Crippen LogP contribution is 2.23. The second kappa shape index (κ2) is 6.75. The Morgan fingerprint density at radius 2 is 2.56 bits per heavy atom. The first-order chi connectivity index (χ1) is 8.81. The SMILES string of the molecule is CCOC(=O)C1CCSCN1Cc1cccnc1. The molecule has 5 heteroatoms. The molecular formula is C13H18N2O2S. The number of ether oxygens (including phenoxy) is 1. The van der Waals surface area contributed by atoms with Crippen LogP contribution in [0.25, 0.3) is 0 Å². The highest BCUT2D eigenvalue weighted by atomic mass is 32.2. The molecule has 1 aliphatic rings. The average molecular weight is 266 g/mol. The Hall–Kier alpha value is -1.07. The summed E-state index contributed by atoms with van der Waals surface area (Å²) in [7, 11) is 0. The van der Waals surface area contributed by atoms with Gasteiger partial charge in [-0.2, -0.15) is 0 Å². The van der Waals surface area contributed by atoms with Crippen LogP contribution in [0.1, 0.15) is 18.9 Å². The van der Waals surface area contributed by atoms with Gasteiger partial charge in [0, 0.05) is 24.8 Å². The predicted octanol–water partition coefficient (Wildman–Crippen LogP) is 1.91. The van der Waals surface area contributed by atoms with Gasteiger partial charge in [-0.25, -0.2) is 0 Å². The maximum atomic E-state index is 11.9. The summed E-state index contributed by atoms with van der Waals surface area (Å²) in [6.07, 6.45) is 4.47. The standard InChI is InChI=1S/C13H18N2O2S/c1-2-17-13(16)12-5-7-18-10-15(12)9-11-4-3-6-14-8-11/h3-4,6,8,12H,2,5,7,9-10H2,1H3. The smallest absolute Gasteiger partial charge is 0.323 e. The number of aromatic nitrogens is 1. The highest BCUT2D eigenvalue weighted by molar-refractivity contribution is 7.99. The molecule has 1 unspecified atom stereocenters. The number of thioether (sulfide) groups is 1. The Labute approximate surface area is 112 Å². The van der Waals surface area contributed by atoms with Crippen molar-refractivity contribution in [3.8, 4) is 0 Å². The van der Waals surface area contributed by atoms with E-state index in [-0.39, 0.29) is 12.0 Å². The lowest BCUT2D eigenvalue weighted by Gasteiger charge is -2.33. The second-order valence-electron chi connectivity index (χ2n) is 4.20. The van der Waals surface area contributed by atoms with Crippen LogP contribution in [0, 0.1) is 0 Å². The summed E-state index contributed by atoms with van der Waals surface area (Å²) in [5, 5.41) is 0. The second-order valence-corrected chi connectivity index (χ2v) is 5.28. The van der Waals surface area contributed by atoms with Gasteiger partial charge >= 0.3 is 5.97 Å². The van der Waals surface area contributed by atoms with E-state index in [4.69, 9.17) is 4.74 Å². The fraction of sp³-hybridized carbons (Fsp3) is 0.538. The molecule has 0 aliphatic carbocycles. The summed E-state index contributed by atoms with van der Waals surface area (Å²) < 4.78 is 5.14. The van der Waals surface area contributed by atoms with Crippen LogP contribution in [-0.4, -0.2) is 40.1 Å².